The lowest BCUT2D eigenvalue weighted by Gasteiger charge is -2.14. The first-order valence-electron chi connectivity index (χ1n) is 10.3. The van der Waals surface area contributed by atoms with Crippen LogP contribution >= 0.6 is 34.8 Å². The number of amides is 1. The van der Waals surface area contributed by atoms with Gasteiger partial charge in [-0.25, -0.2) is 0 Å². The fourth-order valence-corrected chi connectivity index (χ4v) is 3.95. The first kappa shape index (κ1) is 23.2. The van der Waals surface area contributed by atoms with Gasteiger partial charge in [0, 0.05) is 11.1 Å². The largest absolute Gasteiger partial charge is 0.493 e. The Morgan fingerprint density at radius 1 is 0.818 bits per heavy atom. The first-order chi connectivity index (χ1) is 15.9. The summed E-state index contributed by atoms with van der Waals surface area (Å²) >= 11 is 18.2. The lowest BCUT2D eigenvalue weighted by Crippen LogP contribution is -2.13. The molecule has 1 amide bonds. The molecular formula is C26H20Cl3NO3. The fraction of sp³-hybridized carbons (Fsp3) is 0.115. The Morgan fingerprint density at radius 2 is 1.58 bits per heavy atom. The molecule has 0 fully saturated rings. The second-order valence-electron chi connectivity index (χ2n) is 7.25. The lowest BCUT2D eigenvalue weighted by molar-refractivity contribution is 0.102. The molecule has 0 radical (unpaired) electrons. The van der Waals surface area contributed by atoms with Gasteiger partial charge in [0.1, 0.15) is 18.1 Å². The van der Waals surface area contributed by atoms with Gasteiger partial charge in [-0.1, -0.05) is 65.1 Å². The molecule has 0 saturated heterocycles. The van der Waals surface area contributed by atoms with Crippen molar-refractivity contribution in [2.45, 2.75) is 13.5 Å². The van der Waals surface area contributed by atoms with E-state index >= 15 is 0 Å². The molecular weight excluding hydrogens is 481 g/mol. The van der Waals surface area contributed by atoms with Crippen LogP contribution in [-0.2, 0) is 6.61 Å². The van der Waals surface area contributed by atoms with Gasteiger partial charge < -0.3 is 14.8 Å². The van der Waals surface area contributed by atoms with E-state index in [4.69, 9.17) is 44.3 Å². The highest BCUT2D eigenvalue weighted by atomic mass is 35.5. The van der Waals surface area contributed by atoms with E-state index in [1.165, 1.54) is 12.1 Å². The molecule has 0 atom stereocenters. The Bertz CT molecular complexity index is 1320. The molecule has 0 heterocycles. The molecule has 0 aliphatic heterocycles. The number of ether oxygens (including phenoxy) is 2. The number of rotatable bonds is 7. The first-order valence-corrected chi connectivity index (χ1v) is 11.4. The van der Waals surface area contributed by atoms with Crippen molar-refractivity contribution in [3.8, 4) is 11.5 Å². The molecule has 4 rings (SSSR count). The van der Waals surface area contributed by atoms with Crippen LogP contribution in [0.5, 0.6) is 11.5 Å². The molecule has 168 valence electrons. The van der Waals surface area contributed by atoms with Crippen molar-refractivity contribution in [1.29, 1.82) is 0 Å². The van der Waals surface area contributed by atoms with Gasteiger partial charge in [-0.3, -0.25) is 4.79 Å². The minimum absolute atomic E-state index is 0.238. The van der Waals surface area contributed by atoms with Crippen LogP contribution in [0.3, 0.4) is 0 Å². The van der Waals surface area contributed by atoms with Crippen molar-refractivity contribution in [3.63, 3.8) is 0 Å². The van der Waals surface area contributed by atoms with Gasteiger partial charge in [0.25, 0.3) is 5.91 Å². The molecule has 0 bridgehead atoms. The van der Waals surface area contributed by atoms with Gasteiger partial charge in [0.05, 0.1) is 27.4 Å². The van der Waals surface area contributed by atoms with Crippen LogP contribution in [-0.4, -0.2) is 12.5 Å². The minimum Gasteiger partial charge on any atom is -0.493 e. The number of hydrogen-bond acceptors (Lipinski definition) is 3. The molecule has 4 aromatic rings. The van der Waals surface area contributed by atoms with Crippen LogP contribution < -0.4 is 14.8 Å². The highest BCUT2D eigenvalue weighted by Crippen LogP contribution is 2.33. The highest BCUT2D eigenvalue weighted by Gasteiger charge is 2.14. The summed E-state index contributed by atoms with van der Waals surface area (Å²) < 4.78 is 11.8. The van der Waals surface area contributed by atoms with E-state index in [0.717, 1.165) is 22.1 Å². The van der Waals surface area contributed by atoms with E-state index < -0.39 is 0 Å². The van der Waals surface area contributed by atoms with Gasteiger partial charge >= 0.3 is 0 Å². The number of halogens is 3. The van der Waals surface area contributed by atoms with Crippen molar-refractivity contribution >= 4 is 57.2 Å². The Kier molecular flexibility index (Phi) is 7.29. The average Bonchev–Trinajstić information content (AvgIpc) is 2.82. The van der Waals surface area contributed by atoms with E-state index in [-0.39, 0.29) is 12.5 Å². The molecule has 1 N–H and O–H groups in total. The molecule has 0 aliphatic rings. The molecule has 0 unspecified atom stereocenters. The van der Waals surface area contributed by atoms with Crippen LogP contribution in [0, 0.1) is 0 Å². The summed E-state index contributed by atoms with van der Waals surface area (Å²) in [6.45, 7) is 2.64. The Morgan fingerprint density at radius 3 is 2.36 bits per heavy atom. The molecule has 33 heavy (non-hydrogen) atoms. The third kappa shape index (κ3) is 5.53. The highest BCUT2D eigenvalue weighted by molar-refractivity contribution is 6.44. The summed E-state index contributed by atoms with van der Waals surface area (Å²) in [6.07, 6.45) is 0. The minimum atomic E-state index is -0.342. The molecule has 0 saturated carbocycles. The predicted octanol–water partition coefficient (Wildman–Crippen LogP) is 8.03. The van der Waals surface area contributed by atoms with Gasteiger partial charge in [-0.2, -0.15) is 0 Å². The number of benzene rings is 4. The summed E-state index contributed by atoms with van der Waals surface area (Å²) in [4.78, 5) is 12.9. The number of hydrogen-bond donors (Lipinski definition) is 1. The third-order valence-corrected chi connectivity index (χ3v) is 6.03. The Balaban J connectivity index is 1.55. The van der Waals surface area contributed by atoms with Crippen molar-refractivity contribution < 1.29 is 14.3 Å². The Hall–Kier alpha value is -2.92. The van der Waals surface area contributed by atoms with Crippen LogP contribution in [0.1, 0.15) is 22.8 Å². The van der Waals surface area contributed by atoms with Crippen molar-refractivity contribution in [1.82, 2.24) is 0 Å². The van der Waals surface area contributed by atoms with Crippen LogP contribution in [0.2, 0.25) is 15.1 Å². The zero-order valence-corrected chi connectivity index (χ0v) is 20.0. The monoisotopic (exact) mass is 499 g/mol. The molecule has 4 nitrogen and oxygen atoms in total. The molecule has 0 spiro atoms. The SMILES string of the molecule is CCOc1ccc(C(=O)Nc2cc(Cl)c(Cl)cc2Cl)cc1COc1ccc2ccccc2c1. The van der Waals surface area contributed by atoms with Crippen molar-refractivity contribution in [2.75, 3.05) is 11.9 Å². The summed E-state index contributed by atoms with van der Waals surface area (Å²) in [6, 6.07) is 22.2. The number of anilines is 1. The average molecular weight is 501 g/mol. The number of nitrogens with one attached hydrogen (secondary N) is 1. The normalized spacial score (nSPS) is 10.8. The van der Waals surface area contributed by atoms with Gasteiger partial charge in [-0.15, -0.1) is 0 Å². The Labute approximate surface area is 207 Å². The van der Waals surface area contributed by atoms with E-state index in [0.29, 0.717) is 38.7 Å². The number of carbonyl (C=O) groups excluding carboxylic acids is 1. The van der Waals surface area contributed by atoms with Gasteiger partial charge in [0.2, 0.25) is 0 Å². The maximum atomic E-state index is 12.9. The lowest BCUT2D eigenvalue weighted by atomic mass is 10.1. The summed E-state index contributed by atoms with van der Waals surface area (Å²) in [5.74, 6) is 1.04. The number of fused-ring (bicyclic) bond motifs is 1. The van der Waals surface area contributed by atoms with Crippen LogP contribution in [0.15, 0.2) is 72.8 Å². The van der Waals surface area contributed by atoms with Crippen LogP contribution in [0.25, 0.3) is 10.8 Å². The van der Waals surface area contributed by atoms with E-state index in [9.17, 15) is 4.79 Å². The fourth-order valence-electron chi connectivity index (χ4n) is 3.36. The molecule has 7 heteroatoms. The molecule has 4 aromatic carbocycles. The summed E-state index contributed by atoms with van der Waals surface area (Å²) in [5, 5.41) is 5.91. The topological polar surface area (TPSA) is 47.6 Å². The van der Waals surface area contributed by atoms with E-state index in [1.807, 2.05) is 43.3 Å². The summed E-state index contributed by atoms with van der Waals surface area (Å²) in [7, 11) is 0. The third-order valence-electron chi connectivity index (χ3n) is 5.00. The number of carbonyl (C=O) groups is 1. The second kappa shape index (κ2) is 10.3. The van der Waals surface area contributed by atoms with Crippen LogP contribution in [0.4, 0.5) is 5.69 Å². The van der Waals surface area contributed by atoms with Gasteiger partial charge in [0.15, 0.2) is 0 Å². The zero-order valence-electron chi connectivity index (χ0n) is 17.7. The molecule has 0 aromatic heterocycles. The maximum absolute atomic E-state index is 12.9. The predicted molar refractivity (Wildman–Crippen MR) is 135 cm³/mol. The smallest absolute Gasteiger partial charge is 0.255 e. The van der Waals surface area contributed by atoms with Gasteiger partial charge in [-0.05, 0) is 60.2 Å². The maximum Gasteiger partial charge on any atom is 0.255 e. The quantitative estimate of drug-likeness (QED) is 0.261. The zero-order chi connectivity index (χ0) is 23.4. The standard InChI is InChI=1S/C26H20Cl3NO3/c1-2-32-25-10-8-18(26(31)30-24-14-22(28)21(27)13-23(24)29)11-19(25)15-33-20-9-7-16-5-3-4-6-17(16)12-20/h3-14H,2,15H2,1H3,(H,30,31). The molecule has 0 aliphatic carbocycles. The second-order valence-corrected chi connectivity index (χ2v) is 8.48. The van der Waals surface area contributed by atoms with Crippen molar-refractivity contribution in [2.24, 2.45) is 0 Å². The van der Waals surface area contributed by atoms with Crippen molar-refractivity contribution in [3.05, 3.63) is 99.0 Å². The summed E-state index contributed by atoms with van der Waals surface area (Å²) in [5.41, 5.74) is 1.55. The van der Waals surface area contributed by atoms with E-state index in [2.05, 4.69) is 11.4 Å². The van der Waals surface area contributed by atoms with E-state index in [1.54, 1.807) is 18.2 Å².